The Morgan fingerprint density at radius 2 is 2.55 bits per heavy atom. The van der Waals surface area contributed by atoms with Crippen LogP contribution in [0.2, 0.25) is 0 Å². The molecule has 1 aromatic rings. The first-order valence-corrected chi connectivity index (χ1v) is 3.00. The lowest BCUT2D eigenvalue weighted by Crippen LogP contribution is -2.19. The summed E-state index contributed by atoms with van der Waals surface area (Å²) >= 11 is 0. The van der Waals surface area contributed by atoms with Crippen molar-refractivity contribution < 1.29 is 9.90 Å². The molecule has 1 amide bonds. The summed E-state index contributed by atoms with van der Waals surface area (Å²) in [4.78, 5) is 10.4. The number of aliphatic hydroxyl groups is 1. The molecule has 0 saturated heterocycles. The van der Waals surface area contributed by atoms with Crippen molar-refractivity contribution in [3.63, 3.8) is 0 Å². The van der Waals surface area contributed by atoms with E-state index in [1.807, 2.05) is 0 Å². The van der Waals surface area contributed by atoms with Crippen LogP contribution in [-0.4, -0.2) is 25.8 Å². The van der Waals surface area contributed by atoms with Crippen LogP contribution in [-0.2, 0) is 17.9 Å². The largest absolute Gasteiger partial charge is 0.388 e. The molecule has 6 nitrogen and oxygen atoms in total. The highest BCUT2D eigenvalue weighted by Crippen LogP contribution is 1.92. The smallest absolute Gasteiger partial charge is 0.237 e. The molecule has 1 heterocycles. The quantitative estimate of drug-likeness (QED) is 0.543. The van der Waals surface area contributed by atoms with Gasteiger partial charge in [0.15, 0.2) is 5.82 Å². The van der Waals surface area contributed by atoms with Crippen molar-refractivity contribution in [3.05, 3.63) is 12.2 Å². The van der Waals surface area contributed by atoms with Crippen LogP contribution < -0.4 is 5.73 Å². The lowest BCUT2D eigenvalue weighted by atomic mass is 10.5. The average molecular weight is 156 g/mol. The van der Waals surface area contributed by atoms with E-state index in [1.54, 1.807) is 0 Å². The van der Waals surface area contributed by atoms with Crippen LogP contribution >= 0.6 is 0 Å². The Balaban J connectivity index is 2.76. The third kappa shape index (κ3) is 1.74. The molecule has 3 N–H and O–H groups in total. The maximum atomic E-state index is 10.4. The number of aromatic nitrogens is 3. The van der Waals surface area contributed by atoms with Crippen molar-refractivity contribution in [2.24, 2.45) is 5.73 Å². The van der Waals surface area contributed by atoms with Gasteiger partial charge in [-0.15, -0.1) is 10.2 Å². The standard InChI is InChI=1S/C5H8N4O2/c6-4(11)1-9-3-7-8-5(9)2-10/h3,10H,1-2H2,(H2,6,11). The first-order chi connectivity index (χ1) is 5.24. The number of carbonyl (C=O) groups excluding carboxylic acids is 1. The summed E-state index contributed by atoms with van der Waals surface area (Å²) in [6.45, 7) is -0.240. The predicted molar refractivity (Wildman–Crippen MR) is 35.1 cm³/mol. The zero-order chi connectivity index (χ0) is 8.27. The number of amides is 1. The van der Waals surface area contributed by atoms with E-state index in [0.29, 0.717) is 5.82 Å². The van der Waals surface area contributed by atoms with Gasteiger partial charge in [0.1, 0.15) is 19.5 Å². The second-order valence-electron chi connectivity index (χ2n) is 2.00. The summed E-state index contributed by atoms with van der Waals surface area (Å²) < 4.78 is 1.39. The number of nitrogens with two attached hydrogens (primary N) is 1. The van der Waals surface area contributed by atoms with E-state index in [1.165, 1.54) is 10.9 Å². The Hall–Kier alpha value is -1.43. The zero-order valence-electron chi connectivity index (χ0n) is 5.77. The summed E-state index contributed by atoms with van der Waals surface area (Å²) in [6, 6.07) is 0. The van der Waals surface area contributed by atoms with E-state index in [-0.39, 0.29) is 13.2 Å². The molecular weight excluding hydrogens is 148 g/mol. The summed E-state index contributed by atoms with van der Waals surface area (Å²) in [7, 11) is 0. The summed E-state index contributed by atoms with van der Waals surface area (Å²) in [5, 5.41) is 15.7. The number of hydrogen-bond donors (Lipinski definition) is 2. The summed E-state index contributed by atoms with van der Waals surface area (Å²) in [5.41, 5.74) is 4.91. The van der Waals surface area contributed by atoms with Crippen LogP contribution in [0.4, 0.5) is 0 Å². The van der Waals surface area contributed by atoms with Crippen molar-refractivity contribution >= 4 is 5.91 Å². The third-order valence-corrected chi connectivity index (χ3v) is 1.16. The van der Waals surface area contributed by atoms with Crippen LogP contribution in [0.25, 0.3) is 0 Å². The zero-order valence-corrected chi connectivity index (χ0v) is 5.77. The molecular formula is C5H8N4O2. The molecule has 6 heteroatoms. The molecule has 0 aliphatic rings. The van der Waals surface area contributed by atoms with Crippen molar-refractivity contribution in [2.45, 2.75) is 13.2 Å². The Bertz CT molecular complexity index is 257. The van der Waals surface area contributed by atoms with E-state index >= 15 is 0 Å². The van der Waals surface area contributed by atoms with E-state index in [4.69, 9.17) is 10.8 Å². The van der Waals surface area contributed by atoms with Crippen molar-refractivity contribution in [1.29, 1.82) is 0 Å². The molecule has 0 saturated carbocycles. The second-order valence-corrected chi connectivity index (χ2v) is 2.00. The molecule has 0 aromatic carbocycles. The number of carbonyl (C=O) groups is 1. The molecule has 1 rings (SSSR count). The van der Waals surface area contributed by atoms with Gasteiger partial charge in [0, 0.05) is 0 Å². The number of rotatable bonds is 3. The lowest BCUT2D eigenvalue weighted by molar-refractivity contribution is -0.118. The molecule has 0 atom stereocenters. The predicted octanol–water partition coefficient (Wildman–Crippen LogP) is -1.74. The number of hydrogen-bond acceptors (Lipinski definition) is 4. The molecule has 0 fully saturated rings. The van der Waals surface area contributed by atoms with Crippen LogP contribution in [0.15, 0.2) is 6.33 Å². The topological polar surface area (TPSA) is 94.0 Å². The van der Waals surface area contributed by atoms with Gasteiger partial charge in [0.25, 0.3) is 0 Å². The van der Waals surface area contributed by atoms with E-state index in [2.05, 4.69) is 10.2 Å². The van der Waals surface area contributed by atoms with E-state index in [0.717, 1.165) is 0 Å². The molecule has 0 unspecified atom stereocenters. The Kier molecular flexibility index (Phi) is 2.17. The van der Waals surface area contributed by atoms with Gasteiger partial charge in [-0.3, -0.25) is 4.79 Å². The molecule has 0 spiro atoms. The highest BCUT2D eigenvalue weighted by molar-refractivity contribution is 5.73. The first-order valence-electron chi connectivity index (χ1n) is 3.00. The van der Waals surface area contributed by atoms with Crippen LogP contribution in [0.5, 0.6) is 0 Å². The minimum Gasteiger partial charge on any atom is -0.388 e. The minimum absolute atomic E-state index is 0.00287. The fourth-order valence-corrected chi connectivity index (χ4v) is 0.701. The lowest BCUT2D eigenvalue weighted by Gasteiger charge is -1.98. The van der Waals surface area contributed by atoms with Gasteiger partial charge in [-0.1, -0.05) is 0 Å². The van der Waals surface area contributed by atoms with Gasteiger partial charge in [-0.2, -0.15) is 0 Å². The molecule has 0 bridgehead atoms. The van der Waals surface area contributed by atoms with Gasteiger partial charge in [-0.05, 0) is 0 Å². The Morgan fingerprint density at radius 1 is 1.82 bits per heavy atom. The van der Waals surface area contributed by atoms with Crippen molar-refractivity contribution in [3.8, 4) is 0 Å². The van der Waals surface area contributed by atoms with Gasteiger partial charge < -0.3 is 15.4 Å². The van der Waals surface area contributed by atoms with Gasteiger partial charge in [0.05, 0.1) is 0 Å². The molecule has 0 aliphatic heterocycles. The second kappa shape index (κ2) is 3.11. The molecule has 0 aliphatic carbocycles. The fourth-order valence-electron chi connectivity index (χ4n) is 0.701. The molecule has 1 aromatic heterocycles. The maximum absolute atomic E-state index is 10.4. The van der Waals surface area contributed by atoms with Crippen molar-refractivity contribution in [1.82, 2.24) is 14.8 Å². The molecule has 0 radical (unpaired) electrons. The number of aliphatic hydroxyl groups excluding tert-OH is 1. The molecule has 11 heavy (non-hydrogen) atoms. The van der Waals surface area contributed by atoms with E-state index < -0.39 is 5.91 Å². The highest BCUT2D eigenvalue weighted by atomic mass is 16.3. The van der Waals surface area contributed by atoms with Gasteiger partial charge >= 0.3 is 0 Å². The fraction of sp³-hybridized carbons (Fsp3) is 0.400. The van der Waals surface area contributed by atoms with Gasteiger partial charge in [-0.25, -0.2) is 0 Å². The summed E-state index contributed by atoms with van der Waals surface area (Å²) in [5.74, 6) is -0.150. The third-order valence-electron chi connectivity index (χ3n) is 1.16. The Morgan fingerprint density at radius 3 is 3.09 bits per heavy atom. The maximum Gasteiger partial charge on any atom is 0.237 e. The average Bonchev–Trinajstić information content (AvgIpc) is 2.34. The molecule has 60 valence electrons. The van der Waals surface area contributed by atoms with E-state index in [9.17, 15) is 4.79 Å². The first kappa shape index (κ1) is 7.67. The van der Waals surface area contributed by atoms with Crippen molar-refractivity contribution in [2.75, 3.05) is 0 Å². The highest BCUT2D eigenvalue weighted by Gasteiger charge is 2.03. The Labute approximate surface area is 62.6 Å². The minimum atomic E-state index is -0.487. The van der Waals surface area contributed by atoms with Crippen LogP contribution in [0.1, 0.15) is 5.82 Å². The van der Waals surface area contributed by atoms with Crippen LogP contribution in [0.3, 0.4) is 0 Å². The number of primary amides is 1. The summed E-state index contributed by atoms with van der Waals surface area (Å²) in [6.07, 6.45) is 1.34. The normalized spacial score (nSPS) is 9.91. The monoisotopic (exact) mass is 156 g/mol. The SMILES string of the molecule is NC(=O)Cn1cnnc1CO. The van der Waals surface area contributed by atoms with Gasteiger partial charge in [0.2, 0.25) is 5.91 Å². The number of nitrogens with zero attached hydrogens (tertiary/aromatic N) is 3. The van der Waals surface area contributed by atoms with Crippen LogP contribution in [0, 0.1) is 0 Å².